The Kier molecular flexibility index (Phi) is 2.67. The second-order valence-electron chi connectivity index (χ2n) is 5.47. The van der Waals surface area contributed by atoms with E-state index in [4.69, 9.17) is 4.74 Å². The van der Waals surface area contributed by atoms with Gasteiger partial charge in [0.2, 0.25) is 0 Å². The fourth-order valence-corrected chi connectivity index (χ4v) is 3.17. The average Bonchev–Trinajstić information content (AvgIpc) is 3.32. The Labute approximate surface area is 117 Å². The van der Waals surface area contributed by atoms with Crippen LogP contribution in [-0.4, -0.2) is 29.5 Å². The van der Waals surface area contributed by atoms with Crippen molar-refractivity contribution >= 4 is 16.8 Å². The lowest BCUT2D eigenvalue weighted by molar-refractivity contribution is 0.0844. The van der Waals surface area contributed by atoms with Crippen LogP contribution in [0, 0.1) is 0 Å². The van der Waals surface area contributed by atoms with E-state index < -0.39 is 6.10 Å². The van der Waals surface area contributed by atoms with Gasteiger partial charge in [0.15, 0.2) is 0 Å². The van der Waals surface area contributed by atoms with E-state index in [9.17, 15) is 10.2 Å². The Morgan fingerprint density at radius 3 is 2.80 bits per heavy atom. The first-order valence-electron chi connectivity index (χ1n) is 6.94. The Bertz CT molecular complexity index is 701. The van der Waals surface area contributed by atoms with Gasteiger partial charge in [-0.05, 0) is 27.5 Å². The maximum Gasteiger partial charge on any atom is 0.107 e. The maximum atomic E-state index is 10.0. The summed E-state index contributed by atoms with van der Waals surface area (Å²) in [7, 11) is 0. The molecule has 1 aliphatic carbocycles. The fraction of sp³-hybridized carbons (Fsp3) is 0.294. The molecule has 0 bridgehead atoms. The van der Waals surface area contributed by atoms with E-state index in [-0.39, 0.29) is 18.6 Å². The predicted octanol–water partition coefficient (Wildman–Crippen LogP) is 2.37. The summed E-state index contributed by atoms with van der Waals surface area (Å²) in [5.41, 5.74) is 3.50. The van der Waals surface area contributed by atoms with Gasteiger partial charge < -0.3 is 14.9 Å². The van der Waals surface area contributed by atoms with E-state index in [0.717, 1.165) is 12.2 Å². The Balaban J connectivity index is 1.97. The highest BCUT2D eigenvalue weighted by molar-refractivity contribution is 5.97. The first kappa shape index (κ1) is 12.1. The van der Waals surface area contributed by atoms with E-state index in [2.05, 4.69) is 24.3 Å². The second kappa shape index (κ2) is 4.42. The predicted molar refractivity (Wildman–Crippen MR) is 77.5 cm³/mol. The number of hydrogen-bond acceptors (Lipinski definition) is 3. The molecule has 0 radical (unpaired) electrons. The zero-order chi connectivity index (χ0) is 13.7. The molecule has 3 unspecified atom stereocenters. The molecule has 0 spiro atoms. The summed E-state index contributed by atoms with van der Waals surface area (Å²) < 4.78 is 5.42. The Morgan fingerprint density at radius 1 is 1.20 bits per heavy atom. The molecule has 20 heavy (non-hydrogen) atoms. The van der Waals surface area contributed by atoms with E-state index in [0.29, 0.717) is 0 Å². The van der Waals surface area contributed by atoms with Crippen LogP contribution in [0.2, 0.25) is 0 Å². The van der Waals surface area contributed by atoms with Crippen molar-refractivity contribution in [1.29, 1.82) is 0 Å². The summed E-state index contributed by atoms with van der Waals surface area (Å²) in [5.74, 6) is -0.147. The van der Waals surface area contributed by atoms with Crippen molar-refractivity contribution in [3.05, 3.63) is 53.1 Å². The number of hydrogen-bond donors (Lipinski definition) is 2. The molecule has 1 aliphatic heterocycles. The second-order valence-corrected chi connectivity index (χ2v) is 5.47. The van der Waals surface area contributed by atoms with Crippen molar-refractivity contribution < 1.29 is 14.9 Å². The average molecular weight is 268 g/mol. The third-order valence-electron chi connectivity index (χ3n) is 4.26. The largest absolute Gasteiger partial charge is 0.394 e. The van der Waals surface area contributed by atoms with Crippen LogP contribution in [-0.2, 0) is 4.74 Å². The lowest BCUT2D eigenvalue weighted by Crippen LogP contribution is -2.22. The van der Waals surface area contributed by atoms with Gasteiger partial charge in [0.1, 0.15) is 6.10 Å². The van der Waals surface area contributed by atoms with Crippen molar-refractivity contribution in [1.82, 2.24) is 0 Å². The molecule has 1 saturated heterocycles. The quantitative estimate of drug-likeness (QED) is 0.840. The number of aliphatic hydroxyl groups is 2. The van der Waals surface area contributed by atoms with E-state index >= 15 is 0 Å². The lowest BCUT2D eigenvalue weighted by Gasteiger charge is -2.25. The van der Waals surface area contributed by atoms with Crippen LogP contribution in [0.4, 0.5) is 0 Å². The van der Waals surface area contributed by atoms with Crippen molar-refractivity contribution in [3.63, 3.8) is 0 Å². The standard InChI is InChI=1S/C17H16O3/c18-8-15(19)11-6-7-14-12(16-9-20-16)5-4-10-2-1-3-13(11)17(10)14/h1-7,11,15-16,18-19H,8-9H2. The summed E-state index contributed by atoms with van der Waals surface area (Å²) in [5, 5.41) is 21.6. The summed E-state index contributed by atoms with van der Waals surface area (Å²) in [4.78, 5) is 0. The highest BCUT2D eigenvalue weighted by atomic mass is 16.6. The molecule has 2 aromatic rings. The molecule has 4 rings (SSSR count). The topological polar surface area (TPSA) is 53.0 Å². The first-order chi connectivity index (χ1) is 9.79. The van der Waals surface area contributed by atoms with Crippen LogP contribution in [0.25, 0.3) is 16.8 Å². The smallest absolute Gasteiger partial charge is 0.107 e. The summed E-state index contributed by atoms with van der Waals surface area (Å²) in [6.45, 7) is 0.559. The van der Waals surface area contributed by atoms with Crippen LogP contribution in [0.1, 0.15) is 28.7 Å². The minimum absolute atomic E-state index is 0.147. The zero-order valence-electron chi connectivity index (χ0n) is 11.0. The van der Waals surface area contributed by atoms with Crippen LogP contribution in [0.15, 0.2) is 36.4 Å². The van der Waals surface area contributed by atoms with Crippen LogP contribution < -0.4 is 0 Å². The molecule has 1 fully saturated rings. The molecule has 2 aliphatic rings. The first-order valence-corrected chi connectivity index (χ1v) is 6.94. The third kappa shape index (κ3) is 1.71. The summed E-state index contributed by atoms with van der Waals surface area (Å²) >= 11 is 0. The molecular weight excluding hydrogens is 252 g/mol. The van der Waals surface area contributed by atoms with Gasteiger partial charge in [0.25, 0.3) is 0 Å². The van der Waals surface area contributed by atoms with Crippen LogP contribution in [0.3, 0.4) is 0 Å². The van der Waals surface area contributed by atoms with Crippen molar-refractivity contribution in [3.8, 4) is 0 Å². The van der Waals surface area contributed by atoms with Gasteiger partial charge in [-0.25, -0.2) is 0 Å². The lowest BCUT2D eigenvalue weighted by atomic mass is 9.81. The number of epoxide rings is 1. The van der Waals surface area contributed by atoms with Gasteiger partial charge in [-0.1, -0.05) is 42.5 Å². The van der Waals surface area contributed by atoms with Gasteiger partial charge in [-0.15, -0.1) is 0 Å². The van der Waals surface area contributed by atoms with E-state index in [1.165, 1.54) is 21.9 Å². The highest BCUT2D eigenvalue weighted by Crippen LogP contribution is 2.42. The van der Waals surface area contributed by atoms with Crippen LogP contribution >= 0.6 is 0 Å². The van der Waals surface area contributed by atoms with Crippen molar-refractivity contribution in [2.24, 2.45) is 0 Å². The van der Waals surface area contributed by atoms with Crippen LogP contribution in [0.5, 0.6) is 0 Å². The Hall–Kier alpha value is -1.68. The molecule has 102 valence electrons. The third-order valence-corrected chi connectivity index (χ3v) is 4.26. The molecular formula is C17H16O3. The molecule has 3 heteroatoms. The summed E-state index contributed by atoms with van der Waals surface area (Å²) in [6.07, 6.45) is 3.51. The monoisotopic (exact) mass is 268 g/mol. The maximum absolute atomic E-state index is 10.0. The highest BCUT2D eigenvalue weighted by Gasteiger charge is 2.30. The van der Waals surface area contributed by atoms with E-state index in [1.807, 2.05) is 18.2 Å². The molecule has 0 amide bonds. The van der Waals surface area contributed by atoms with E-state index in [1.54, 1.807) is 0 Å². The van der Waals surface area contributed by atoms with Gasteiger partial charge in [0.05, 0.1) is 19.3 Å². The molecule has 3 nitrogen and oxygen atoms in total. The molecule has 2 N–H and O–H groups in total. The Morgan fingerprint density at radius 2 is 2.05 bits per heavy atom. The zero-order valence-corrected chi connectivity index (χ0v) is 11.0. The molecule has 1 heterocycles. The van der Waals surface area contributed by atoms with Gasteiger partial charge in [-0.2, -0.15) is 0 Å². The normalized spacial score (nSPS) is 24.9. The van der Waals surface area contributed by atoms with Crippen molar-refractivity contribution in [2.45, 2.75) is 18.1 Å². The SMILES string of the molecule is OCC(O)C1C=Cc2c(C3CO3)ccc3cccc1c23. The number of ether oxygens (including phenoxy) is 1. The minimum atomic E-state index is -0.758. The summed E-state index contributed by atoms with van der Waals surface area (Å²) in [6, 6.07) is 10.4. The molecule has 3 atom stereocenters. The number of rotatable bonds is 3. The molecule has 0 aromatic heterocycles. The van der Waals surface area contributed by atoms with Gasteiger partial charge in [-0.3, -0.25) is 0 Å². The number of benzene rings is 2. The number of aliphatic hydroxyl groups excluding tert-OH is 2. The van der Waals surface area contributed by atoms with Crippen molar-refractivity contribution in [2.75, 3.05) is 13.2 Å². The minimum Gasteiger partial charge on any atom is -0.394 e. The molecule has 0 saturated carbocycles. The fourth-order valence-electron chi connectivity index (χ4n) is 3.17. The van der Waals surface area contributed by atoms with Gasteiger partial charge >= 0.3 is 0 Å². The molecule has 2 aromatic carbocycles. The van der Waals surface area contributed by atoms with Gasteiger partial charge in [0, 0.05) is 5.92 Å².